The first kappa shape index (κ1) is 16.2. The molecule has 0 heterocycles. The molecule has 1 aromatic carbocycles. The molecule has 2 amide bonds. The number of hydrogen-bond donors (Lipinski definition) is 0. The van der Waals surface area contributed by atoms with E-state index in [2.05, 4.69) is 6.07 Å². The van der Waals surface area contributed by atoms with E-state index in [4.69, 9.17) is 0 Å². The number of imide groups is 1. The molecule has 0 aliphatic heterocycles. The summed E-state index contributed by atoms with van der Waals surface area (Å²) in [6.07, 6.45) is 10.5. The number of carbonyl (C=O) groups is 2. The van der Waals surface area contributed by atoms with Gasteiger partial charge in [0.2, 0.25) is 11.8 Å². The van der Waals surface area contributed by atoms with E-state index >= 15 is 0 Å². The highest BCUT2D eigenvalue weighted by atomic mass is 16.2. The second kappa shape index (κ2) is 7.76. The average molecular weight is 312 g/mol. The van der Waals surface area contributed by atoms with Crippen LogP contribution in [0.5, 0.6) is 0 Å². The summed E-state index contributed by atoms with van der Waals surface area (Å²) in [6, 6.07) is 10.2. The van der Waals surface area contributed by atoms with Crippen molar-refractivity contribution in [1.82, 2.24) is 0 Å². The number of carbonyl (C=O) groups excluding carboxylic acids is 2. The molecule has 123 valence electrons. The molecule has 0 bridgehead atoms. The first-order valence-electron chi connectivity index (χ1n) is 9.11. The summed E-state index contributed by atoms with van der Waals surface area (Å²) in [5.74, 6) is 0.0684. The van der Waals surface area contributed by atoms with Crippen molar-refractivity contribution in [3.8, 4) is 0 Å². The lowest BCUT2D eigenvalue weighted by molar-refractivity contribution is -0.131. The van der Waals surface area contributed by atoms with Gasteiger partial charge in [-0.2, -0.15) is 0 Å². The lowest BCUT2D eigenvalue weighted by atomic mass is 9.85. The zero-order chi connectivity index (χ0) is 16.1. The van der Waals surface area contributed by atoms with E-state index in [1.807, 2.05) is 12.1 Å². The van der Waals surface area contributed by atoms with E-state index in [0.717, 1.165) is 57.1 Å². The molecule has 2 aliphatic rings. The average Bonchev–Trinajstić information content (AvgIpc) is 2.64. The van der Waals surface area contributed by atoms with Crippen LogP contribution >= 0.6 is 0 Å². The minimum Gasteiger partial charge on any atom is -0.274 e. The Balaban J connectivity index is 1.83. The van der Waals surface area contributed by atoms with Crippen LogP contribution in [-0.2, 0) is 9.59 Å². The molecule has 3 rings (SSSR count). The quantitative estimate of drug-likeness (QED) is 0.770. The van der Waals surface area contributed by atoms with Crippen molar-refractivity contribution in [2.24, 2.45) is 11.8 Å². The van der Waals surface area contributed by atoms with Crippen molar-refractivity contribution >= 4 is 17.5 Å². The van der Waals surface area contributed by atoms with Gasteiger partial charge in [0.1, 0.15) is 0 Å². The van der Waals surface area contributed by atoms with Gasteiger partial charge in [0.05, 0.1) is 5.69 Å². The Labute approximate surface area is 139 Å². The normalized spacial score (nSPS) is 20.2. The van der Waals surface area contributed by atoms with Gasteiger partial charge in [-0.1, -0.05) is 50.7 Å². The molecule has 2 aliphatic carbocycles. The maximum atomic E-state index is 13.1. The number of benzene rings is 1. The number of nitrogens with zero attached hydrogens (tertiary/aromatic N) is 1. The van der Waals surface area contributed by atoms with Crippen molar-refractivity contribution in [2.45, 2.75) is 64.2 Å². The van der Waals surface area contributed by atoms with Gasteiger partial charge < -0.3 is 0 Å². The van der Waals surface area contributed by atoms with E-state index in [-0.39, 0.29) is 23.7 Å². The molecule has 1 aromatic rings. The summed E-state index contributed by atoms with van der Waals surface area (Å²) >= 11 is 0. The van der Waals surface area contributed by atoms with Crippen LogP contribution in [0.2, 0.25) is 0 Å². The smallest absolute Gasteiger partial charge is 0.236 e. The number of amides is 2. The highest BCUT2D eigenvalue weighted by Crippen LogP contribution is 2.31. The van der Waals surface area contributed by atoms with Gasteiger partial charge >= 0.3 is 0 Å². The van der Waals surface area contributed by atoms with Crippen LogP contribution in [-0.4, -0.2) is 11.8 Å². The Morgan fingerprint density at radius 2 is 1.22 bits per heavy atom. The summed E-state index contributed by atoms with van der Waals surface area (Å²) in [4.78, 5) is 27.7. The Morgan fingerprint density at radius 1 is 0.783 bits per heavy atom. The molecule has 3 heteroatoms. The number of hydrogen-bond acceptors (Lipinski definition) is 2. The number of anilines is 1. The van der Waals surface area contributed by atoms with Crippen LogP contribution in [0, 0.1) is 17.9 Å². The fourth-order valence-corrected chi connectivity index (χ4v) is 3.95. The number of rotatable bonds is 3. The van der Waals surface area contributed by atoms with Crippen LogP contribution in [0.1, 0.15) is 64.2 Å². The van der Waals surface area contributed by atoms with Crippen LogP contribution in [0.3, 0.4) is 0 Å². The van der Waals surface area contributed by atoms with E-state index < -0.39 is 0 Å². The Hall–Kier alpha value is -1.64. The second-order valence-electron chi connectivity index (χ2n) is 6.94. The zero-order valence-corrected chi connectivity index (χ0v) is 13.8. The highest BCUT2D eigenvalue weighted by molar-refractivity contribution is 6.16. The fraction of sp³-hybridized carbons (Fsp3) is 0.600. The highest BCUT2D eigenvalue weighted by Gasteiger charge is 2.34. The third-order valence-corrected chi connectivity index (χ3v) is 5.31. The monoisotopic (exact) mass is 312 g/mol. The molecule has 23 heavy (non-hydrogen) atoms. The topological polar surface area (TPSA) is 37.4 Å². The summed E-state index contributed by atoms with van der Waals surface area (Å²) in [7, 11) is 0. The lowest BCUT2D eigenvalue weighted by Crippen LogP contribution is -2.45. The van der Waals surface area contributed by atoms with Crippen molar-refractivity contribution in [2.75, 3.05) is 4.90 Å². The van der Waals surface area contributed by atoms with E-state index in [9.17, 15) is 9.59 Å². The molecule has 0 N–H and O–H groups in total. The Bertz CT molecular complexity index is 498. The minimum atomic E-state index is 0.0143. The SMILES string of the molecule is O=C(C1CCCCC1)N(C(=O)C1CCCCC1)c1cc[c]cc1. The van der Waals surface area contributed by atoms with Crippen molar-refractivity contribution in [3.05, 3.63) is 30.3 Å². The zero-order valence-electron chi connectivity index (χ0n) is 13.8. The molecule has 3 nitrogen and oxygen atoms in total. The first-order valence-corrected chi connectivity index (χ1v) is 9.11. The predicted octanol–water partition coefficient (Wildman–Crippen LogP) is 4.51. The van der Waals surface area contributed by atoms with Gasteiger partial charge in [-0.15, -0.1) is 0 Å². The predicted molar refractivity (Wildman–Crippen MR) is 90.9 cm³/mol. The van der Waals surface area contributed by atoms with Gasteiger partial charge in [0, 0.05) is 11.8 Å². The van der Waals surface area contributed by atoms with Gasteiger partial charge in [0.25, 0.3) is 0 Å². The molecular formula is C20H26NO2. The second-order valence-corrected chi connectivity index (χ2v) is 6.94. The molecule has 1 radical (unpaired) electrons. The van der Waals surface area contributed by atoms with Gasteiger partial charge in [0.15, 0.2) is 0 Å². The van der Waals surface area contributed by atoms with Crippen LogP contribution in [0.25, 0.3) is 0 Å². The van der Waals surface area contributed by atoms with Crippen LogP contribution in [0.4, 0.5) is 5.69 Å². The lowest BCUT2D eigenvalue weighted by Gasteiger charge is -2.31. The molecular weight excluding hydrogens is 286 g/mol. The van der Waals surface area contributed by atoms with Crippen molar-refractivity contribution in [1.29, 1.82) is 0 Å². The van der Waals surface area contributed by atoms with Crippen molar-refractivity contribution < 1.29 is 9.59 Å². The van der Waals surface area contributed by atoms with E-state index in [1.165, 1.54) is 17.7 Å². The first-order chi connectivity index (χ1) is 11.3. The maximum absolute atomic E-state index is 13.1. The molecule has 0 aromatic heterocycles. The standard InChI is InChI=1S/C20H26NO2/c22-19(16-10-4-1-5-11-16)21(18-14-8-3-9-15-18)20(23)17-12-6-2-7-13-17/h8-9,14-17H,1-2,4-7,10-13H2. The maximum Gasteiger partial charge on any atom is 0.236 e. The van der Waals surface area contributed by atoms with Crippen LogP contribution < -0.4 is 4.90 Å². The molecule has 0 unspecified atom stereocenters. The molecule has 0 spiro atoms. The Kier molecular flexibility index (Phi) is 5.47. The summed E-state index contributed by atoms with van der Waals surface area (Å²) in [6.45, 7) is 0. The minimum absolute atomic E-state index is 0.0143. The Morgan fingerprint density at radius 3 is 1.65 bits per heavy atom. The third kappa shape index (κ3) is 3.82. The summed E-state index contributed by atoms with van der Waals surface area (Å²) < 4.78 is 0. The van der Waals surface area contributed by atoms with E-state index in [0.29, 0.717) is 0 Å². The van der Waals surface area contributed by atoms with Gasteiger partial charge in [-0.3, -0.25) is 14.5 Å². The molecule has 2 fully saturated rings. The largest absolute Gasteiger partial charge is 0.274 e. The molecule has 0 saturated heterocycles. The van der Waals surface area contributed by atoms with Gasteiger partial charge in [-0.25, -0.2) is 0 Å². The summed E-state index contributed by atoms with van der Waals surface area (Å²) in [5, 5.41) is 0. The fourth-order valence-electron chi connectivity index (χ4n) is 3.95. The molecule has 2 saturated carbocycles. The van der Waals surface area contributed by atoms with Gasteiger partial charge in [-0.05, 0) is 43.9 Å². The summed E-state index contributed by atoms with van der Waals surface area (Å²) in [5.41, 5.74) is 0.717. The van der Waals surface area contributed by atoms with Crippen LogP contribution in [0.15, 0.2) is 24.3 Å². The third-order valence-electron chi connectivity index (χ3n) is 5.31. The van der Waals surface area contributed by atoms with Crippen molar-refractivity contribution in [3.63, 3.8) is 0 Å². The molecule has 0 atom stereocenters. The van der Waals surface area contributed by atoms with E-state index in [1.54, 1.807) is 12.1 Å².